The van der Waals surface area contributed by atoms with Gasteiger partial charge in [0.25, 0.3) is 0 Å². The Kier molecular flexibility index (Phi) is 11.1. The molecular weight excluding hydrogens is 570 g/mol. The fourth-order valence-electron chi connectivity index (χ4n) is 5.27. The van der Waals surface area contributed by atoms with Crippen molar-refractivity contribution in [2.24, 2.45) is 0 Å². The minimum atomic E-state index is -0.626. The van der Waals surface area contributed by atoms with Gasteiger partial charge in [0.1, 0.15) is 29.2 Å². The number of piperidine rings is 1. The van der Waals surface area contributed by atoms with Gasteiger partial charge in [-0.1, -0.05) is 42.8 Å². The minimum absolute atomic E-state index is 0.298. The zero-order valence-electron chi connectivity index (χ0n) is 26.1. The van der Waals surface area contributed by atoms with Crippen LogP contribution in [-0.4, -0.2) is 61.4 Å². The maximum atomic E-state index is 13.8. The van der Waals surface area contributed by atoms with E-state index < -0.39 is 12.2 Å². The van der Waals surface area contributed by atoms with E-state index in [-0.39, 0.29) is 0 Å². The first-order valence-electron chi connectivity index (χ1n) is 15.4. The maximum absolute atomic E-state index is 13.8. The summed E-state index contributed by atoms with van der Waals surface area (Å²) in [5.74, 6) is 2.36. The molecule has 1 saturated heterocycles. The monoisotopic (exact) mass is 611 g/mol. The highest BCUT2D eigenvalue weighted by Gasteiger charge is 2.27. The van der Waals surface area contributed by atoms with Crippen LogP contribution >= 0.6 is 0 Å². The number of rotatable bonds is 13. The van der Waals surface area contributed by atoms with Crippen molar-refractivity contribution in [2.75, 3.05) is 50.7 Å². The molecule has 5 rings (SSSR count). The third-order valence-corrected chi connectivity index (χ3v) is 7.65. The van der Waals surface area contributed by atoms with Crippen LogP contribution in [0.15, 0.2) is 85.1 Å². The number of nitrogens with zero attached hydrogens (tertiary/aromatic N) is 4. The Morgan fingerprint density at radius 2 is 1.76 bits per heavy atom. The van der Waals surface area contributed by atoms with Gasteiger partial charge in [-0.2, -0.15) is 4.98 Å². The molecular formula is C35H41N5O5. The molecule has 10 heteroatoms. The van der Waals surface area contributed by atoms with Crippen molar-refractivity contribution < 1.29 is 23.7 Å². The lowest BCUT2D eigenvalue weighted by Crippen LogP contribution is -2.31. The summed E-state index contributed by atoms with van der Waals surface area (Å²) in [5.41, 5.74) is 2.06. The van der Waals surface area contributed by atoms with Gasteiger partial charge in [0.05, 0.1) is 26.5 Å². The first kappa shape index (κ1) is 31.6. The number of carbonyl (C=O) groups is 1. The average molecular weight is 612 g/mol. The minimum Gasteiger partial charge on any atom is -0.497 e. The molecule has 0 spiro atoms. The van der Waals surface area contributed by atoms with E-state index >= 15 is 0 Å². The summed E-state index contributed by atoms with van der Waals surface area (Å²) in [7, 11) is 3.10. The van der Waals surface area contributed by atoms with Crippen LogP contribution in [0.3, 0.4) is 0 Å². The van der Waals surface area contributed by atoms with Crippen molar-refractivity contribution in [3.8, 4) is 17.2 Å². The molecule has 10 nitrogen and oxygen atoms in total. The summed E-state index contributed by atoms with van der Waals surface area (Å²) in [6, 6.07) is 24.1. The first-order chi connectivity index (χ1) is 22.0. The van der Waals surface area contributed by atoms with E-state index in [0.717, 1.165) is 30.0 Å². The SMILES string of the molecule is COc1ccc(N(C(=O)O[C@@H](C)c2ccccc2)c2ccnc(Nc3cccc(OCCCN4CCCCC4)c3)n2)c(OC)c1. The van der Waals surface area contributed by atoms with E-state index in [0.29, 0.717) is 35.6 Å². The Bertz CT molecular complexity index is 1530. The molecule has 45 heavy (non-hydrogen) atoms. The summed E-state index contributed by atoms with van der Waals surface area (Å²) in [6.07, 6.45) is 5.35. The number of carbonyl (C=O) groups excluding carboxylic acids is 1. The number of nitrogens with one attached hydrogen (secondary N) is 1. The molecule has 1 aliphatic heterocycles. The van der Waals surface area contributed by atoms with Gasteiger partial charge in [0.2, 0.25) is 5.95 Å². The molecule has 1 N–H and O–H groups in total. The maximum Gasteiger partial charge on any atom is 0.420 e. The van der Waals surface area contributed by atoms with E-state index in [2.05, 4.69) is 15.2 Å². The Balaban J connectivity index is 1.33. The van der Waals surface area contributed by atoms with Crippen LogP contribution in [0.25, 0.3) is 0 Å². The molecule has 0 saturated carbocycles. The zero-order valence-corrected chi connectivity index (χ0v) is 26.1. The van der Waals surface area contributed by atoms with Crippen LogP contribution in [0.4, 0.5) is 27.9 Å². The molecule has 4 aromatic rings. The summed E-state index contributed by atoms with van der Waals surface area (Å²) in [6.45, 7) is 5.90. The van der Waals surface area contributed by atoms with Gasteiger partial charge in [-0.05, 0) is 69.1 Å². The Morgan fingerprint density at radius 3 is 2.53 bits per heavy atom. The summed E-state index contributed by atoms with van der Waals surface area (Å²) < 4.78 is 23.0. The summed E-state index contributed by atoms with van der Waals surface area (Å²) in [5, 5.41) is 3.25. The average Bonchev–Trinajstić information content (AvgIpc) is 3.08. The van der Waals surface area contributed by atoms with Gasteiger partial charge in [0.15, 0.2) is 0 Å². The second-order valence-corrected chi connectivity index (χ2v) is 10.8. The summed E-state index contributed by atoms with van der Waals surface area (Å²) in [4.78, 5) is 26.8. The number of amides is 1. The fraction of sp³-hybridized carbons (Fsp3) is 0.343. The number of hydrogen-bond acceptors (Lipinski definition) is 9. The van der Waals surface area contributed by atoms with Crippen molar-refractivity contribution in [1.82, 2.24) is 14.9 Å². The van der Waals surface area contributed by atoms with Crippen LogP contribution in [0, 0.1) is 0 Å². The molecule has 1 aliphatic rings. The summed E-state index contributed by atoms with van der Waals surface area (Å²) >= 11 is 0. The molecule has 1 amide bonds. The Hall–Kier alpha value is -4.83. The largest absolute Gasteiger partial charge is 0.497 e. The number of hydrogen-bond donors (Lipinski definition) is 1. The van der Waals surface area contributed by atoms with Gasteiger partial charge < -0.3 is 29.2 Å². The molecule has 236 valence electrons. The van der Waals surface area contributed by atoms with Gasteiger partial charge in [0, 0.05) is 36.6 Å². The quantitative estimate of drug-likeness (QED) is 0.154. The predicted molar refractivity (Wildman–Crippen MR) is 175 cm³/mol. The lowest BCUT2D eigenvalue weighted by atomic mass is 10.1. The molecule has 1 atom stereocenters. The predicted octanol–water partition coefficient (Wildman–Crippen LogP) is 7.53. The van der Waals surface area contributed by atoms with Gasteiger partial charge in [-0.3, -0.25) is 0 Å². The zero-order chi connectivity index (χ0) is 31.4. The highest BCUT2D eigenvalue weighted by molar-refractivity contribution is 5.97. The van der Waals surface area contributed by atoms with E-state index in [9.17, 15) is 4.79 Å². The molecule has 0 bridgehead atoms. The van der Waals surface area contributed by atoms with Crippen LogP contribution < -0.4 is 24.4 Å². The first-order valence-corrected chi connectivity index (χ1v) is 15.4. The van der Waals surface area contributed by atoms with E-state index in [4.69, 9.17) is 23.9 Å². The van der Waals surface area contributed by atoms with Crippen molar-refractivity contribution in [3.05, 3.63) is 90.6 Å². The van der Waals surface area contributed by atoms with Crippen molar-refractivity contribution in [1.29, 1.82) is 0 Å². The topological polar surface area (TPSA) is 98.3 Å². The highest BCUT2D eigenvalue weighted by Crippen LogP contribution is 2.37. The third kappa shape index (κ3) is 8.63. The van der Waals surface area contributed by atoms with Crippen molar-refractivity contribution in [2.45, 2.75) is 38.7 Å². The van der Waals surface area contributed by atoms with Gasteiger partial charge in [-0.15, -0.1) is 0 Å². The highest BCUT2D eigenvalue weighted by atomic mass is 16.6. The van der Waals surface area contributed by atoms with E-state index in [1.165, 1.54) is 44.4 Å². The number of aromatic nitrogens is 2. The molecule has 0 radical (unpaired) electrons. The lowest BCUT2D eigenvalue weighted by molar-refractivity contribution is 0.116. The fourth-order valence-corrected chi connectivity index (χ4v) is 5.27. The molecule has 0 unspecified atom stereocenters. The normalized spacial score (nSPS) is 13.8. The smallest absolute Gasteiger partial charge is 0.420 e. The Labute approximate surface area is 264 Å². The lowest BCUT2D eigenvalue weighted by Gasteiger charge is -2.26. The van der Waals surface area contributed by atoms with Crippen LogP contribution in [0.5, 0.6) is 17.2 Å². The number of methoxy groups -OCH3 is 2. The van der Waals surface area contributed by atoms with Crippen molar-refractivity contribution >= 4 is 29.2 Å². The van der Waals surface area contributed by atoms with E-state index in [1.807, 2.05) is 61.5 Å². The molecule has 0 aliphatic carbocycles. The molecule has 1 aromatic heterocycles. The second-order valence-electron chi connectivity index (χ2n) is 10.8. The van der Waals surface area contributed by atoms with Crippen LogP contribution in [0.2, 0.25) is 0 Å². The van der Waals surface area contributed by atoms with Crippen LogP contribution in [-0.2, 0) is 4.74 Å². The number of likely N-dealkylation sites (tertiary alicyclic amines) is 1. The third-order valence-electron chi connectivity index (χ3n) is 7.65. The molecule has 1 fully saturated rings. The van der Waals surface area contributed by atoms with E-state index in [1.54, 1.807) is 37.6 Å². The number of benzene rings is 3. The Morgan fingerprint density at radius 1 is 0.933 bits per heavy atom. The van der Waals surface area contributed by atoms with Crippen LogP contribution in [0.1, 0.15) is 44.3 Å². The molecule has 3 aromatic carbocycles. The standard InChI is InChI=1S/C35H41N5O5/c1-26(27-12-6-4-7-13-27)45-35(41)40(31-17-16-29(42-2)25-32(31)43-3)33-18-19-36-34(38-33)37-28-14-10-15-30(24-28)44-23-11-22-39-20-8-5-9-21-39/h4,6-7,10,12-19,24-26H,5,8-9,11,20-23H2,1-3H3,(H,36,37,38)/t26-/m0/s1. The number of anilines is 4. The van der Waals surface area contributed by atoms with Gasteiger partial charge in [-0.25, -0.2) is 14.7 Å². The van der Waals surface area contributed by atoms with Gasteiger partial charge >= 0.3 is 6.09 Å². The number of ether oxygens (including phenoxy) is 4. The van der Waals surface area contributed by atoms with Crippen molar-refractivity contribution in [3.63, 3.8) is 0 Å². The molecule has 2 heterocycles. The second kappa shape index (κ2) is 15.8.